The number of carbonyl (C=O) groups excluding carboxylic acids is 1. The van der Waals surface area contributed by atoms with E-state index in [-0.39, 0.29) is 5.91 Å². The average molecular weight is 296 g/mol. The summed E-state index contributed by atoms with van der Waals surface area (Å²) >= 11 is 3.30. The fourth-order valence-corrected chi connectivity index (χ4v) is 1.88. The van der Waals surface area contributed by atoms with E-state index in [0.29, 0.717) is 16.9 Å². The van der Waals surface area contributed by atoms with Crippen LogP contribution in [0, 0.1) is 6.92 Å². The molecule has 1 aromatic heterocycles. The van der Waals surface area contributed by atoms with Crippen LogP contribution in [-0.2, 0) is 0 Å². The molecule has 2 rings (SSSR count). The highest BCUT2D eigenvalue weighted by Gasteiger charge is 2.13. The van der Waals surface area contributed by atoms with Gasteiger partial charge in [-0.05, 0) is 24.6 Å². The van der Waals surface area contributed by atoms with E-state index >= 15 is 0 Å². The summed E-state index contributed by atoms with van der Waals surface area (Å²) in [6, 6.07) is 3.47. The summed E-state index contributed by atoms with van der Waals surface area (Å²) in [7, 11) is 0. The van der Waals surface area contributed by atoms with Crippen molar-refractivity contribution in [3.8, 4) is 0 Å². The van der Waals surface area contributed by atoms with E-state index in [1.54, 1.807) is 19.1 Å². The zero-order valence-electron chi connectivity index (χ0n) is 9.03. The van der Waals surface area contributed by atoms with Gasteiger partial charge in [-0.2, -0.15) is 0 Å². The van der Waals surface area contributed by atoms with E-state index in [1.165, 1.54) is 12.5 Å². The number of nitrogens with zero attached hydrogens (tertiary/aromatic N) is 1. The zero-order chi connectivity index (χ0) is 12.4. The van der Waals surface area contributed by atoms with E-state index in [9.17, 15) is 4.79 Å². The first-order valence-electron chi connectivity index (χ1n) is 4.84. The standard InChI is InChI=1S/C11H10BrN3O2/c1-6-9(2-7(12)3-10(6)13)11(16)15-8-4-14-17-5-8/h2-5H,13H2,1H3,(H,15,16). The second kappa shape index (κ2) is 4.58. The predicted molar refractivity (Wildman–Crippen MR) is 67.7 cm³/mol. The van der Waals surface area contributed by atoms with Gasteiger partial charge in [0, 0.05) is 15.7 Å². The molecule has 17 heavy (non-hydrogen) atoms. The fraction of sp³-hybridized carbons (Fsp3) is 0.0909. The molecule has 0 unspecified atom stereocenters. The van der Waals surface area contributed by atoms with Gasteiger partial charge in [-0.1, -0.05) is 21.1 Å². The Balaban J connectivity index is 2.31. The van der Waals surface area contributed by atoms with Gasteiger partial charge in [-0.15, -0.1) is 0 Å². The molecule has 1 aromatic carbocycles. The van der Waals surface area contributed by atoms with Crippen molar-refractivity contribution in [2.24, 2.45) is 0 Å². The van der Waals surface area contributed by atoms with Crippen LogP contribution in [0.25, 0.3) is 0 Å². The molecular formula is C11H10BrN3O2. The minimum atomic E-state index is -0.251. The van der Waals surface area contributed by atoms with E-state index < -0.39 is 0 Å². The van der Waals surface area contributed by atoms with Crippen LogP contribution in [0.3, 0.4) is 0 Å². The van der Waals surface area contributed by atoms with Crippen LogP contribution in [0.4, 0.5) is 11.4 Å². The highest BCUT2D eigenvalue weighted by molar-refractivity contribution is 9.10. The molecule has 0 saturated carbocycles. The lowest BCUT2D eigenvalue weighted by atomic mass is 10.1. The van der Waals surface area contributed by atoms with Crippen LogP contribution in [-0.4, -0.2) is 11.1 Å². The molecule has 0 atom stereocenters. The first kappa shape index (κ1) is 11.7. The Morgan fingerprint density at radius 2 is 2.29 bits per heavy atom. The summed E-state index contributed by atoms with van der Waals surface area (Å²) in [5.41, 5.74) is 8.11. The molecule has 0 saturated heterocycles. The number of nitrogens with one attached hydrogen (secondary N) is 1. The Morgan fingerprint density at radius 3 is 2.94 bits per heavy atom. The lowest BCUT2D eigenvalue weighted by Gasteiger charge is -2.08. The molecule has 5 nitrogen and oxygen atoms in total. The van der Waals surface area contributed by atoms with Gasteiger partial charge in [-0.3, -0.25) is 4.79 Å². The van der Waals surface area contributed by atoms with Gasteiger partial charge in [0.15, 0.2) is 0 Å². The van der Waals surface area contributed by atoms with Crippen LogP contribution >= 0.6 is 15.9 Å². The van der Waals surface area contributed by atoms with Crippen LogP contribution < -0.4 is 11.1 Å². The third-order valence-corrected chi connectivity index (χ3v) is 2.81. The third-order valence-electron chi connectivity index (χ3n) is 2.35. The van der Waals surface area contributed by atoms with Gasteiger partial charge >= 0.3 is 0 Å². The van der Waals surface area contributed by atoms with Gasteiger partial charge in [0.25, 0.3) is 5.91 Å². The smallest absolute Gasteiger partial charge is 0.256 e. The van der Waals surface area contributed by atoms with Crippen LogP contribution in [0.1, 0.15) is 15.9 Å². The third kappa shape index (κ3) is 2.47. The van der Waals surface area contributed by atoms with Crippen molar-refractivity contribution >= 4 is 33.2 Å². The summed E-state index contributed by atoms with van der Waals surface area (Å²) in [5.74, 6) is -0.251. The minimum absolute atomic E-state index is 0.251. The lowest BCUT2D eigenvalue weighted by molar-refractivity contribution is 0.102. The number of nitrogens with two attached hydrogens (primary N) is 1. The average Bonchev–Trinajstić information content (AvgIpc) is 2.76. The van der Waals surface area contributed by atoms with Gasteiger partial charge in [0.1, 0.15) is 12.0 Å². The number of anilines is 2. The Kier molecular flexibility index (Phi) is 3.14. The molecule has 6 heteroatoms. The van der Waals surface area contributed by atoms with Gasteiger partial charge in [-0.25, -0.2) is 0 Å². The minimum Gasteiger partial charge on any atom is -0.398 e. The SMILES string of the molecule is Cc1c(N)cc(Br)cc1C(=O)Nc1cnoc1. The summed E-state index contributed by atoms with van der Waals surface area (Å²) < 4.78 is 5.39. The molecule has 2 aromatic rings. The van der Waals surface area contributed by atoms with E-state index in [4.69, 9.17) is 5.73 Å². The number of aromatic nitrogens is 1. The maximum absolute atomic E-state index is 12.0. The predicted octanol–water partition coefficient (Wildman–Crippen LogP) is 2.58. The van der Waals surface area contributed by atoms with Gasteiger partial charge in [0.05, 0.1) is 6.20 Å². The van der Waals surface area contributed by atoms with Crippen molar-refractivity contribution in [2.75, 3.05) is 11.1 Å². The Bertz CT molecular complexity index is 552. The molecule has 0 fully saturated rings. The summed E-state index contributed by atoms with van der Waals surface area (Å²) in [6.45, 7) is 1.80. The van der Waals surface area contributed by atoms with E-state index in [1.807, 2.05) is 0 Å². The molecule has 1 amide bonds. The summed E-state index contributed by atoms with van der Waals surface area (Å²) in [6.07, 6.45) is 2.78. The van der Waals surface area contributed by atoms with Gasteiger partial charge < -0.3 is 15.6 Å². The second-order valence-electron chi connectivity index (χ2n) is 3.53. The quantitative estimate of drug-likeness (QED) is 0.835. The monoisotopic (exact) mass is 295 g/mol. The first-order chi connectivity index (χ1) is 8.08. The Hall–Kier alpha value is -1.82. The number of amides is 1. The normalized spacial score (nSPS) is 10.2. The molecule has 0 aliphatic heterocycles. The highest BCUT2D eigenvalue weighted by atomic mass is 79.9. The van der Waals surface area contributed by atoms with Crippen molar-refractivity contribution in [3.63, 3.8) is 0 Å². The van der Waals surface area contributed by atoms with Crippen molar-refractivity contribution in [1.29, 1.82) is 0 Å². The molecule has 0 aliphatic carbocycles. The molecule has 3 N–H and O–H groups in total. The van der Waals surface area contributed by atoms with Crippen LogP contribution in [0.5, 0.6) is 0 Å². The second-order valence-corrected chi connectivity index (χ2v) is 4.45. The maximum Gasteiger partial charge on any atom is 0.256 e. The topological polar surface area (TPSA) is 81.2 Å². The lowest BCUT2D eigenvalue weighted by Crippen LogP contribution is -2.13. The van der Waals surface area contributed by atoms with Crippen LogP contribution in [0.2, 0.25) is 0 Å². The number of rotatable bonds is 2. The number of hydrogen-bond acceptors (Lipinski definition) is 4. The number of nitrogen functional groups attached to an aromatic ring is 1. The maximum atomic E-state index is 12.0. The van der Waals surface area contributed by atoms with Crippen molar-refractivity contribution in [1.82, 2.24) is 5.16 Å². The summed E-state index contributed by atoms with van der Waals surface area (Å²) in [4.78, 5) is 12.0. The number of carbonyl (C=O) groups is 1. The fourth-order valence-electron chi connectivity index (χ4n) is 1.40. The van der Waals surface area contributed by atoms with Crippen molar-refractivity contribution in [3.05, 3.63) is 40.2 Å². The molecule has 0 spiro atoms. The van der Waals surface area contributed by atoms with Gasteiger partial charge in [0.2, 0.25) is 0 Å². The zero-order valence-corrected chi connectivity index (χ0v) is 10.6. The molecular weight excluding hydrogens is 286 g/mol. The molecule has 0 radical (unpaired) electrons. The van der Waals surface area contributed by atoms with Crippen LogP contribution in [0.15, 0.2) is 33.6 Å². The van der Waals surface area contributed by atoms with Crippen molar-refractivity contribution in [2.45, 2.75) is 6.92 Å². The van der Waals surface area contributed by atoms with E-state index in [0.717, 1.165) is 10.0 Å². The first-order valence-corrected chi connectivity index (χ1v) is 5.63. The molecule has 0 bridgehead atoms. The molecule has 0 aliphatic rings. The van der Waals surface area contributed by atoms with E-state index in [2.05, 4.69) is 30.9 Å². The molecule has 1 heterocycles. The largest absolute Gasteiger partial charge is 0.398 e. The number of hydrogen-bond donors (Lipinski definition) is 2. The summed E-state index contributed by atoms with van der Waals surface area (Å²) in [5, 5.41) is 6.16. The Morgan fingerprint density at radius 1 is 1.53 bits per heavy atom. The Labute approximate surface area is 106 Å². The molecule has 88 valence electrons. The number of benzene rings is 1. The van der Waals surface area contributed by atoms with Crippen molar-refractivity contribution < 1.29 is 9.32 Å². The highest BCUT2D eigenvalue weighted by Crippen LogP contribution is 2.23. The number of halogens is 1.